The van der Waals surface area contributed by atoms with Crippen LogP contribution in [0.25, 0.3) is 11.3 Å². The average Bonchev–Trinajstić information content (AvgIpc) is 2.75. The van der Waals surface area contributed by atoms with E-state index in [-0.39, 0.29) is 16.2 Å². The molecule has 0 saturated heterocycles. The summed E-state index contributed by atoms with van der Waals surface area (Å²) in [4.78, 5) is 14.2. The van der Waals surface area contributed by atoms with Gasteiger partial charge in [-0.05, 0) is 6.92 Å². The molecule has 0 unspecified atom stereocenters. The molecular weight excluding hydrogens is 289 g/mol. The third-order valence-electron chi connectivity index (χ3n) is 2.31. The number of carbonyl (C=O) groups is 1. The normalized spacial score (nSPS) is 10.8. The minimum atomic E-state index is -2.25. The van der Waals surface area contributed by atoms with Crippen molar-refractivity contribution < 1.29 is 26.7 Å². The zero-order valence-corrected chi connectivity index (χ0v) is 10.0. The molecule has 0 aliphatic rings. The summed E-state index contributed by atoms with van der Waals surface area (Å²) in [7, 11) is 0. The van der Waals surface area contributed by atoms with E-state index in [1.54, 1.807) is 0 Å². The van der Waals surface area contributed by atoms with Gasteiger partial charge in [0.1, 0.15) is 0 Å². The molecule has 0 spiro atoms. The van der Waals surface area contributed by atoms with E-state index in [9.17, 15) is 26.7 Å². The van der Waals surface area contributed by atoms with Crippen LogP contribution in [0.5, 0.6) is 0 Å². The third kappa shape index (κ3) is 2.01. The van der Waals surface area contributed by atoms with Crippen molar-refractivity contribution in [2.75, 3.05) is 0 Å². The highest BCUT2D eigenvalue weighted by molar-refractivity contribution is 7.13. The lowest BCUT2D eigenvalue weighted by atomic mass is 10.1. The molecule has 0 aliphatic heterocycles. The minimum absolute atomic E-state index is 0.208. The van der Waals surface area contributed by atoms with Crippen LogP contribution in [0.3, 0.4) is 0 Å². The molecule has 2 rings (SSSR count). The second-order valence-electron chi connectivity index (χ2n) is 3.51. The number of benzene rings is 1. The van der Waals surface area contributed by atoms with Gasteiger partial charge in [0, 0.05) is 0 Å². The molecule has 0 bridgehead atoms. The van der Waals surface area contributed by atoms with Crippen LogP contribution in [-0.4, -0.2) is 11.3 Å². The Morgan fingerprint density at radius 1 is 0.947 bits per heavy atom. The summed E-state index contributed by atoms with van der Waals surface area (Å²) in [5, 5.41) is 0.265. The summed E-state index contributed by atoms with van der Waals surface area (Å²) in [5.74, 6) is -10.4. The molecule has 0 amide bonds. The van der Waals surface area contributed by atoms with Crippen molar-refractivity contribution in [3.8, 4) is 11.3 Å². The van der Waals surface area contributed by atoms with E-state index in [1.807, 2.05) is 0 Å². The van der Waals surface area contributed by atoms with Gasteiger partial charge in [-0.3, -0.25) is 4.79 Å². The van der Waals surface area contributed by atoms with Crippen molar-refractivity contribution in [1.29, 1.82) is 0 Å². The SMILES string of the molecule is Cc1nc(-c2c(F)c(F)c(F)c(F)c2F)c(C=O)s1. The fourth-order valence-electron chi connectivity index (χ4n) is 1.51. The Bertz CT molecular complexity index is 653. The first kappa shape index (κ1) is 13.6. The number of hydrogen-bond donors (Lipinski definition) is 0. The zero-order chi connectivity index (χ0) is 14.3. The summed E-state index contributed by atoms with van der Waals surface area (Å²) in [6.07, 6.45) is 0.248. The Labute approximate surface area is 107 Å². The molecule has 100 valence electrons. The standard InChI is InChI=1S/C11H4F5NOS/c1-3-17-11(4(2-18)19-3)5-6(12)8(14)10(16)9(15)7(5)13/h2H,1H3. The number of rotatable bonds is 2. The smallest absolute Gasteiger partial charge is 0.200 e. The highest BCUT2D eigenvalue weighted by Crippen LogP contribution is 2.34. The fourth-order valence-corrected chi connectivity index (χ4v) is 2.26. The predicted molar refractivity (Wildman–Crippen MR) is 57.5 cm³/mol. The second kappa shape index (κ2) is 4.69. The Hall–Kier alpha value is -1.83. The molecular formula is C11H4F5NOS. The van der Waals surface area contributed by atoms with Gasteiger partial charge in [0.05, 0.1) is 21.1 Å². The van der Waals surface area contributed by atoms with E-state index in [4.69, 9.17) is 0 Å². The summed E-state index contributed by atoms with van der Waals surface area (Å²) >= 11 is 0.791. The minimum Gasteiger partial charge on any atom is -0.297 e. The molecule has 0 saturated carbocycles. The molecule has 2 aromatic rings. The van der Waals surface area contributed by atoms with Gasteiger partial charge in [-0.2, -0.15) is 0 Å². The summed E-state index contributed by atoms with van der Waals surface area (Å²) in [6.45, 7) is 1.44. The molecule has 1 aromatic carbocycles. The fraction of sp³-hybridized carbons (Fsp3) is 0.0909. The largest absolute Gasteiger partial charge is 0.297 e. The quantitative estimate of drug-likeness (QED) is 0.366. The van der Waals surface area contributed by atoms with Crippen molar-refractivity contribution in [2.45, 2.75) is 6.92 Å². The Balaban J connectivity index is 2.86. The molecule has 0 fully saturated rings. The van der Waals surface area contributed by atoms with E-state index in [2.05, 4.69) is 4.98 Å². The van der Waals surface area contributed by atoms with Crippen molar-refractivity contribution in [3.05, 3.63) is 39.0 Å². The summed E-state index contributed by atoms with van der Waals surface area (Å²) < 4.78 is 66.1. The Kier molecular flexibility index (Phi) is 3.36. The van der Waals surface area contributed by atoms with Crippen molar-refractivity contribution in [1.82, 2.24) is 4.98 Å². The maximum absolute atomic E-state index is 13.5. The first-order valence-corrected chi connectivity index (χ1v) is 5.64. The maximum Gasteiger partial charge on any atom is 0.200 e. The van der Waals surface area contributed by atoms with Crippen LogP contribution in [0.2, 0.25) is 0 Å². The first-order valence-electron chi connectivity index (χ1n) is 4.82. The van der Waals surface area contributed by atoms with Crippen molar-refractivity contribution in [3.63, 3.8) is 0 Å². The molecule has 0 aliphatic carbocycles. The van der Waals surface area contributed by atoms with Gasteiger partial charge >= 0.3 is 0 Å². The molecule has 0 atom stereocenters. The average molecular weight is 293 g/mol. The first-order chi connectivity index (χ1) is 8.88. The number of nitrogens with zero attached hydrogens (tertiary/aromatic N) is 1. The van der Waals surface area contributed by atoms with Crippen LogP contribution in [0.15, 0.2) is 0 Å². The van der Waals surface area contributed by atoms with E-state index in [1.165, 1.54) is 6.92 Å². The summed E-state index contributed by atoms with van der Waals surface area (Å²) in [5.41, 5.74) is -1.74. The monoisotopic (exact) mass is 293 g/mol. The molecule has 1 heterocycles. The van der Waals surface area contributed by atoms with E-state index in [0.29, 0.717) is 0 Å². The van der Waals surface area contributed by atoms with Crippen LogP contribution in [0.4, 0.5) is 22.0 Å². The number of aromatic nitrogens is 1. The van der Waals surface area contributed by atoms with Gasteiger partial charge in [-0.15, -0.1) is 11.3 Å². The molecule has 8 heteroatoms. The van der Waals surface area contributed by atoms with E-state index in [0.717, 1.165) is 11.3 Å². The molecule has 0 N–H and O–H groups in total. The van der Waals surface area contributed by atoms with Crippen LogP contribution in [-0.2, 0) is 0 Å². The number of halogens is 5. The number of thiazole rings is 1. The number of aryl methyl sites for hydroxylation is 1. The number of carbonyl (C=O) groups excluding carboxylic acids is 1. The second-order valence-corrected chi connectivity index (χ2v) is 4.74. The highest BCUT2D eigenvalue weighted by atomic mass is 32.1. The van der Waals surface area contributed by atoms with Gasteiger partial charge in [-0.25, -0.2) is 26.9 Å². The lowest BCUT2D eigenvalue weighted by Gasteiger charge is -2.06. The Morgan fingerprint density at radius 3 is 1.89 bits per heavy atom. The van der Waals surface area contributed by atoms with Gasteiger partial charge in [0.25, 0.3) is 0 Å². The van der Waals surface area contributed by atoms with Crippen molar-refractivity contribution in [2.24, 2.45) is 0 Å². The topological polar surface area (TPSA) is 30.0 Å². The highest BCUT2D eigenvalue weighted by Gasteiger charge is 2.29. The van der Waals surface area contributed by atoms with Gasteiger partial charge in [-0.1, -0.05) is 0 Å². The van der Waals surface area contributed by atoms with Gasteiger partial charge in [0.15, 0.2) is 29.6 Å². The lowest BCUT2D eigenvalue weighted by molar-refractivity contribution is 0.112. The molecule has 2 nitrogen and oxygen atoms in total. The molecule has 19 heavy (non-hydrogen) atoms. The van der Waals surface area contributed by atoms with Crippen molar-refractivity contribution >= 4 is 17.6 Å². The van der Waals surface area contributed by atoms with E-state index < -0.39 is 40.3 Å². The third-order valence-corrected chi connectivity index (χ3v) is 3.21. The van der Waals surface area contributed by atoms with E-state index >= 15 is 0 Å². The van der Waals surface area contributed by atoms with Crippen LogP contribution >= 0.6 is 11.3 Å². The summed E-state index contributed by atoms with van der Waals surface area (Å²) in [6, 6.07) is 0. The molecule has 0 radical (unpaired) electrons. The van der Waals surface area contributed by atoms with Crippen LogP contribution < -0.4 is 0 Å². The lowest BCUT2D eigenvalue weighted by Crippen LogP contribution is -2.05. The molecule has 1 aromatic heterocycles. The van der Waals surface area contributed by atoms with Crippen LogP contribution in [0, 0.1) is 36.0 Å². The number of aldehydes is 1. The predicted octanol–water partition coefficient (Wildman–Crippen LogP) is 3.63. The maximum atomic E-state index is 13.5. The Morgan fingerprint density at radius 2 is 1.42 bits per heavy atom. The van der Waals surface area contributed by atoms with Crippen LogP contribution in [0.1, 0.15) is 14.7 Å². The van der Waals surface area contributed by atoms with Gasteiger partial charge < -0.3 is 0 Å². The zero-order valence-electron chi connectivity index (χ0n) is 9.23. The number of hydrogen-bond acceptors (Lipinski definition) is 3. The van der Waals surface area contributed by atoms with Gasteiger partial charge in [0.2, 0.25) is 5.82 Å².